The fourth-order valence-corrected chi connectivity index (χ4v) is 5.73. The molecule has 0 aliphatic carbocycles. The van der Waals surface area contributed by atoms with Gasteiger partial charge in [0, 0.05) is 27.1 Å². The first-order valence-electron chi connectivity index (χ1n) is 18.1. The number of nitrogens with one attached hydrogen (secondary N) is 4. The summed E-state index contributed by atoms with van der Waals surface area (Å²) in [6.07, 6.45) is -0.661. The van der Waals surface area contributed by atoms with Crippen LogP contribution >= 0.6 is 0 Å². The van der Waals surface area contributed by atoms with Crippen LogP contribution in [0.15, 0.2) is 30.3 Å². The van der Waals surface area contributed by atoms with Gasteiger partial charge in [0.15, 0.2) is 0 Å². The zero-order chi connectivity index (χ0) is 40.3. The van der Waals surface area contributed by atoms with Crippen LogP contribution in [0.3, 0.4) is 0 Å². The zero-order valence-corrected chi connectivity index (χ0v) is 33.2. The Labute approximate surface area is 313 Å². The van der Waals surface area contributed by atoms with Crippen LogP contribution in [-0.4, -0.2) is 115 Å². The molecule has 15 nitrogen and oxygen atoms in total. The summed E-state index contributed by atoms with van der Waals surface area (Å²) in [5, 5.41) is 10.2. The van der Waals surface area contributed by atoms with Gasteiger partial charge in [0.1, 0.15) is 18.1 Å². The van der Waals surface area contributed by atoms with Crippen LogP contribution in [0.4, 0.5) is 4.79 Å². The van der Waals surface area contributed by atoms with Crippen LogP contribution in [0, 0.1) is 11.3 Å². The van der Waals surface area contributed by atoms with Gasteiger partial charge < -0.3 is 40.5 Å². The van der Waals surface area contributed by atoms with E-state index in [-0.39, 0.29) is 37.8 Å². The maximum absolute atomic E-state index is 14.2. The van der Waals surface area contributed by atoms with Crippen LogP contribution in [0.2, 0.25) is 0 Å². The topological polar surface area (TPSA) is 193 Å². The van der Waals surface area contributed by atoms with E-state index in [0.29, 0.717) is 12.0 Å². The van der Waals surface area contributed by atoms with Gasteiger partial charge in [0.05, 0.1) is 30.9 Å². The molecule has 1 fully saturated rings. The highest BCUT2D eigenvalue weighted by atomic mass is 16.5. The number of Topliss-reactive ketones (excluding diaryl/α,β-unsaturated/α-hetero) is 1. The van der Waals surface area contributed by atoms with Crippen molar-refractivity contribution in [1.82, 2.24) is 31.1 Å². The number of likely N-dealkylation sites (N-methyl/N-ethyl adjacent to an activating group) is 1. The molecule has 53 heavy (non-hydrogen) atoms. The van der Waals surface area contributed by atoms with Crippen molar-refractivity contribution in [2.75, 3.05) is 33.8 Å². The summed E-state index contributed by atoms with van der Waals surface area (Å²) < 4.78 is 11.5. The third-order valence-corrected chi connectivity index (χ3v) is 8.26. The fraction of sp³-hybridized carbons (Fsp3) is 0.658. The molecule has 1 aromatic carbocycles. The second kappa shape index (κ2) is 19.5. The Morgan fingerprint density at radius 2 is 1.55 bits per heavy atom. The summed E-state index contributed by atoms with van der Waals surface area (Å²) in [7, 11) is 3.10. The van der Waals surface area contributed by atoms with Gasteiger partial charge in [-0.05, 0) is 44.1 Å². The smallest absolute Gasteiger partial charge is 0.407 e. The van der Waals surface area contributed by atoms with Crippen molar-refractivity contribution in [2.45, 2.75) is 117 Å². The Bertz CT molecular complexity index is 1450. The number of carbonyl (C=O) groups excluding carboxylic acids is 7. The lowest BCUT2D eigenvalue weighted by atomic mass is 9.85. The van der Waals surface area contributed by atoms with Gasteiger partial charge >= 0.3 is 6.09 Å². The monoisotopic (exact) mass is 744 g/mol. The van der Waals surface area contributed by atoms with Crippen LogP contribution in [0.25, 0.3) is 0 Å². The number of alkyl carbamates (subject to hydrolysis) is 1. The molecule has 1 aliphatic heterocycles. The fourth-order valence-electron chi connectivity index (χ4n) is 5.73. The van der Waals surface area contributed by atoms with Crippen molar-refractivity contribution in [3.05, 3.63) is 35.9 Å². The molecule has 4 N–H and O–H groups in total. The number of nitrogens with zero attached hydrogens (tertiary/aromatic N) is 2. The van der Waals surface area contributed by atoms with Gasteiger partial charge in [0.2, 0.25) is 29.4 Å². The standard InChI is InChI=1S/C38H60N6O9/c1-12-16-26(30(46)33(48)39-20-28(45)41-29(34(49)43(10)11)24-17-14-13-15-18-24)40-32(47)27-19-25(53-38(7,8)9)21-44(27)35(50)31(37(4,5)6)42-36(51)52-22-23(2)3/h13-15,17-18,23,25-27,29,31H,12,16,19-22H2,1-11H3,(H,39,48)(H,40,47)(H,41,45)(H,42,51)/t25-,26?,27+,29+,31-/m1/s1. The molecule has 2 rings (SSSR count). The van der Waals surface area contributed by atoms with Crippen molar-refractivity contribution in [3.8, 4) is 0 Å². The van der Waals surface area contributed by atoms with Crippen molar-refractivity contribution in [1.29, 1.82) is 0 Å². The number of likely N-dealkylation sites (tertiary alicyclic amines) is 1. The minimum Gasteiger partial charge on any atom is -0.449 e. The summed E-state index contributed by atoms with van der Waals surface area (Å²) in [4.78, 5) is 95.6. The molecule has 5 atom stereocenters. The minimum absolute atomic E-state index is 0.0474. The molecule has 1 heterocycles. The largest absolute Gasteiger partial charge is 0.449 e. The number of hydrogen-bond acceptors (Lipinski definition) is 9. The van der Waals surface area contributed by atoms with Crippen molar-refractivity contribution >= 4 is 41.4 Å². The van der Waals surface area contributed by atoms with E-state index in [0.717, 1.165) is 0 Å². The van der Waals surface area contributed by atoms with E-state index in [9.17, 15) is 33.6 Å². The van der Waals surface area contributed by atoms with E-state index in [4.69, 9.17) is 9.47 Å². The lowest BCUT2D eigenvalue weighted by molar-refractivity contribution is -0.144. The molecule has 0 spiro atoms. The van der Waals surface area contributed by atoms with Crippen molar-refractivity contribution < 1.29 is 43.0 Å². The normalized spacial score (nSPS) is 17.6. The van der Waals surface area contributed by atoms with Crippen molar-refractivity contribution in [2.24, 2.45) is 11.3 Å². The predicted octanol–water partition coefficient (Wildman–Crippen LogP) is 2.48. The number of rotatable bonds is 16. The maximum atomic E-state index is 14.2. The highest BCUT2D eigenvalue weighted by Gasteiger charge is 2.47. The van der Waals surface area contributed by atoms with Gasteiger partial charge in [-0.25, -0.2) is 4.79 Å². The Morgan fingerprint density at radius 3 is 2.08 bits per heavy atom. The molecule has 1 aliphatic rings. The van der Waals surface area contributed by atoms with E-state index >= 15 is 0 Å². The number of benzene rings is 1. The first kappa shape index (κ1) is 44.6. The predicted molar refractivity (Wildman–Crippen MR) is 198 cm³/mol. The average Bonchev–Trinajstić information content (AvgIpc) is 3.48. The van der Waals surface area contributed by atoms with E-state index in [1.54, 1.807) is 72.1 Å². The summed E-state index contributed by atoms with van der Waals surface area (Å²) in [5.74, 6) is -4.28. The molecule has 1 aromatic rings. The van der Waals surface area contributed by atoms with Gasteiger partial charge in [-0.15, -0.1) is 0 Å². The van der Waals surface area contributed by atoms with Crippen LogP contribution in [-0.2, 0) is 38.2 Å². The summed E-state index contributed by atoms with van der Waals surface area (Å²) in [6.45, 7) is 16.1. The molecule has 0 saturated carbocycles. The Kier molecular flexibility index (Phi) is 16.4. The van der Waals surface area contributed by atoms with Gasteiger partial charge in [-0.1, -0.05) is 78.3 Å². The molecule has 1 unspecified atom stereocenters. The number of amides is 6. The molecular weight excluding hydrogens is 684 g/mol. The van der Waals surface area contributed by atoms with Crippen LogP contribution in [0.5, 0.6) is 0 Å². The molecular formula is C38H60N6O9. The highest BCUT2D eigenvalue weighted by Crippen LogP contribution is 2.29. The molecule has 0 radical (unpaired) electrons. The van der Waals surface area contributed by atoms with Gasteiger partial charge in [-0.3, -0.25) is 28.8 Å². The van der Waals surface area contributed by atoms with Crippen LogP contribution < -0.4 is 21.3 Å². The molecule has 6 amide bonds. The summed E-state index contributed by atoms with van der Waals surface area (Å²) in [5.41, 5.74) is -0.832. The summed E-state index contributed by atoms with van der Waals surface area (Å²) in [6, 6.07) is 4.17. The third kappa shape index (κ3) is 14.1. The van der Waals surface area contributed by atoms with Crippen molar-refractivity contribution in [3.63, 3.8) is 0 Å². The summed E-state index contributed by atoms with van der Waals surface area (Å²) >= 11 is 0. The molecule has 0 bridgehead atoms. The van der Waals surface area contributed by atoms with Crippen LogP contribution in [0.1, 0.15) is 93.2 Å². The number of ether oxygens (including phenoxy) is 2. The molecule has 15 heteroatoms. The first-order chi connectivity index (χ1) is 24.5. The van der Waals surface area contributed by atoms with E-state index in [1.165, 1.54) is 9.80 Å². The van der Waals surface area contributed by atoms with E-state index in [1.807, 2.05) is 34.6 Å². The first-order valence-corrected chi connectivity index (χ1v) is 18.1. The lowest BCUT2D eigenvalue weighted by Gasteiger charge is -2.35. The number of carbonyl (C=O) groups is 7. The Morgan fingerprint density at radius 1 is 0.925 bits per heavy atom. The molecule has 0 aromatic heterocycles. The van der Waals surface area contributed by atoms with E-state index < -0.39 is 83.3 Å². The second-order valence-corrected chi connectivity index (χ2v) is 16.1. The van der Waals surface area contributed by atoms with Gasteiger partial charge in [0.25, 0.3) is 5.91 Å². The number of hydrogen-bond donors (Lipinski definition) is 4. The van der Waals surface area contributed by atoms with Gasteiger partial charge in [-0.2, -0.15) is 0 Å². The molecule has 1 saturated heterocycles. The maximum Gasteiger partial charge on any atom is 0.407 e. The lowest BCUT2D eigenvalue weighted by Crippen LogP contribution is -2.59. The quantitative estimate of drug-likeness (QED) is 0.184. The second-order valence-electron chi connectivity index (χ2n) is 16.1. The minimum atomic E-state index is -1.26. The number of ketones is 1. The zero-order valence-electron chi connectivity index (χ0n) is 33.2. The molecule has 296 valence electrons. The SMILES string of the molecule is CCCC(NC(=O)[C@@H]1C[C@@H](OC(C)(C)C)CN1C(=O)[C@@H](NC(=O)OCC(C)C)C(C)(C)C)C(=O)C(=O)NCC(=O)N[C@H](C(=O)N(C)C)c1ccccc1. The third-order valence-electron chi connectivity index (χ3n) is 8.26. The van der Waals surface area contributed by atoms with E-state index in [2.05, 4.69) is 21.3 Å². The average molecular weight is 745 g/mol. The Hall–Kier alpha value is -4.53. The Balaban J connectivity index is 2.23. The highest BCUT2D eigenvalue weighted by molar-refractivity contribution is 6.38.